The van der Waals surface area contributed by atoms with Crippen molar-refractivity contribution in [1.82, 2.24) is 4.90 Å². The normalized spacial score (nSPS) is 12.8. The number of amides is 1. The van der Waals surface area contributed by atoms with Crippen LogP contribution in [0.25, 0.3) is 0 Å². The van der Waals surface area contributed by atoms with Gasteiger partial charge in [-0.25, -0.2) is 4.79 Å². The van der Waals surface area contributed by atoms with Gasteiger partial charge in [0.25, 0.3) is 0 Å². The predicted molar refractivity (Wildman–Crippen MR) is 148 cm³/mol. The second-order valence-corrected chi connectivity index (χ2v) is 9.42. The van der Waals surface area contributed by atoms with Gasteiger partial charge in [0, 0.05) is 25.8 Å². The molecule has 1 N–H and O–H groups in total. The summed E-state index contributed by atoms with van der Waals surface area (Å²) in [5.41, 5.74) is 4.24. The van der Waals surface area contributed by atoms with Crippen molar-refractivity contribution in [3.05, 3.63) is 125 Å². The third-order valence-corrected chi connectivity index (χ3v) is 6.87. The second-order valence-electron chi connectivity index (χ2n) is 9.42. The van der Waals surface area contributed by atoms with Crippen LogP contribution in [0.3, 0.4) is 0 Å². The number of hydrogen-bond acceptors (Lipinski definition) is 4. The number of carboxylic acid groups (broad SMARTS) is 1. The minimum absolute atomic E-state index is 0.0959. The number of hydrogen-bond donors (Lipinski definition) is 1. The molecule has 5 rings (SSSR count). The van der Waals surface area contributed by atoms with Crippen molar-refractivity contribution < 1.29 is 19.4 Å². The van der Waals surface area contributed by atoms with Crippen molar-refractivity contribution in [2.75, 3.05) is 25.1 Å². The quantitative estimate of drug-likeness (QED) is 0.328. The molecule has 192 valence electrons. The molecule has 6 heteroatoms. The van der Waals surface area contributed by atoms with E-state index in [1.165, 1.54) is 0 Å². The van der Waals surface area contributed by atoms with Gasteiger partial charge < -0.3 is 19.6 Å². The highest BCUT2D eigenvalue weighted by molar-refractivity contribution is 5.92. The molecule has 0 saturated carbocycles. The third kappa shape index (κ3) is 5.25. The molecular formula is C32H30N2O4. The third-order valence-electron chi connectivity index (χ3n) is 6.87. The molecule has 6 nitrogen and oxygen atoms in total. The van der Waals surface area contributed by atoms with Crippen molar-refractivity contribution >= 4 is 23.3 Å². The largest absolute Gasteiger partial charge is 0.491 e. The van der Waals surface area contributed by atoms with Crippen LogP contribution in [-0.4, -0.2) is 42.1 Å². The lowest BCUT2D eigenvalue weighted by atomic mass is 9.90. The molecule has 4 aromatic carbocycles. The number of carbonyl (C=O) groups is 2. The molecule has 1 heterocycles. The molecule has 0 aliphatic carbocycles. The zero-order chi connectivity index (χ0) is 26.5. The summed E-state index contributed by atoms with van der Waals surface area (Å²) in [5, 5.41) is 10.1. The lowest BCUT2D eigenvalue weighted by Gasteiger charge is -2.27. The van der Waals surface area contributed by atoms with E-state index in [0.29, 0.717) is 18.7 Å². The molecule has 0 radical (unpaired) electrons. The molecule has 0 atom stereocenters. The number of carbonyl (C=O) groups excluding carboxylic acids is 1. The fraction of sp³-hybridized carbons (Fsp3) is 0.188. The average molecular weight is 507 g/mol. The number of benzene rings is 4. The molecule has 0 unspecified atom stereocenters. The summed E-state index contributed by atoms with van der Waals surface area (Å²) in [6.45, 7) is 1.49. The van der Waals surface area contributed by atoms with E-state index in [2.05, 4.69) is 4.90 Å². The Hall–Kier alpha value is -4.58. The Morgan fingerprint density at radius 1 is 0.895 bits per heavy atom. The fourth-order valence-corrected chi connectivity index (χ4v) is 4.99. The van der Waals surface area contributed by atoms with Gasteiger partial charge >= 0.3 is 5.97 Å². The fourth-order valence-electron chi connectivity index (χ4n) is 4.99. The Kier molecular flexibility index (Phi) is 7.40. The number of para-hydroxylation sites is 2. The number of aromatic carboxylic acids is 1. The molecule has 38 heavy (non-hydrogen) atoms. The highest BCUT2D eigenvalue weighted by Crippen LogP contribution is 2.37. The molecule has 0 bridgehead atoms. The summed E-state index contributed by atoms with van der Waals surface area (Å²) in [7, 11) is 1.73. The van der Waals surface area contributed by atoms with Crippen molar-refractivity contribution in [2.24, 2.45) is 0 Å². The van der Waals surface area contributed by atoms with E-state index >= 15 is 0 Å². The molecule has 0 aromatic heterocycles. The topological polar surface area (TPSA) is 70.1 Å². The van der Waals surface area contributed by atoms with Gasteiger partial charge in [-0.3, -0.25) is 4.79 Å². The summed E-state index contributed by atoms with van der Waals surface area (Å²) < 4.78 is 5.87. The molecule has 1 aliphatic heterocycles. The van der Waals surface area contributed by atoms with E-state index in [1.807, 2.05) is 97.1 Å². The Bertz CT molecular complexity index is 1380. The zero-order valence-electron chi connectivity index (χ0n) is 21.3. The van der Waals surface area contributed by atoms with E-state index in [9.17, 15) is 14.7 Å². The number of anilines is 2. The standard InChI is InChI=1S/C32H30N2O4/c1-33(31(35)30(23-11-4-2-5-12-23)24-13-6-3-7-14-24)22-25-17-18-26(21-27(25)32(36)37)34-19-10-20-38-29-16-9-8-15-28(29)34/h2-9,11-18,21,30H,10,19-20,22H2,1H3,(H,36,37). The summed E-state index contributed by atoms with van der Waals surface area (Å²) in [4.78, 5) is 29.8. The van der Waals surface area contributed by atoms with Gasteiger partial charge in [0.2, 0.25) is 5.91 Å². The highest BCUT2D eigenvalue weighted by atomic mass is 16.5. The van der Waals surface area contributed by atoms with Crippen LogP contribution in [0, 0.1) is 0 Å². The summed E-state index contributed by atoms with van der Waals surface area (Å²) in [5.74, 6) is -0.821. The van der Waals surface area contributed by atoms with Gasteiger partial charge in [0.15, 0.2) is 0 Å². The first-order chi connectivity index (χ1) is 18.5. The van der Waals surface area contributed by atoms with Crippen LogP contribution >= 0.6 is 0 Å². The van der Waals surface area contributed by atoms with E-state index in [1.54, 1.807) is 18.0 Å². The molecule has 1 aliphatic rings. The average Bonchev–Trinajstić information content (AvgIpc) is 3.17. The Morgan fingerprint density at radius 2 is 1.53 bits per heavy atom. The summed E-state index contributed by atoms with van der Waals surface area (Å²) >= 11 is 0. The first-order valence-electron chi connectivity index (χ1n) is 12.7. The molecule has 4 aromatic rings. The van der Waals surface area contributed by atoms with Gasteiger partial charge in [0.05, 0.1) is 23.8 Å². The molecular weight excluding hydrogens is 476 g/mol. The number of likely N-dealkylation sites (N-methyl/N-ethyl adjacent to an activating group) is 1. The maximum atomic E-state index is 13.8. The van der Waals surface area contributed by atoms with Crippen molar-refractivity contribution in [3.8, 4) is 5.75 Å². The van der Waals surface area contributed by atoms with E-state index in [4.69, 9.17) is 4.74 Å². The number of rotatable bonds is 7. The highest BCUT2D eigenvalue weighted by Gasteiger charge is 2.27. The van der Waals surface area contributed by atoms with Crippen molar-refractivity contribution in [2.45, 2.75) is 18.9 Å². The van der Waals surface area contributed by atoms with E-state index < -0.39 is 11.9 Å². The van der Waals surface area contributed by atoms with Gasteiger partial charge in [0.1, 0.15) is 5.75 Å². The zero-order valence-corrected chi connectivity index (χ0v) is 21.3. The Balaban J connectivity index is 1.44. The van der Waals surface area contributed by atoms with Gasteiger partial charge in [-0.15, -0.1) is 0 Å². The van der Waals surface area contributed by atoms with E-state index in [-0.39, 0.29) is 18.0 Å². The van der Waals surface area contributed by atoms with Crippen LogP contribution in [0.5, 0.6) is 5.75 Å². The van der Waals surface area contributed by atoms with Gasteiger partial charge in [-0.05, 0) is 47.4 Å². The van der Waals surface area contributed by atoms with E-state index in [0.717, 1.165) is 34.7 Å². The molecule has 0 saturated heterocycles. The summed E-state index contributed by atoms with van der Waals surface area (Å²) in [6.07, 6.45) is 0.816. The minimum atomic E-state index is -1.02. The first-order valence-corrected chi connectivity index (χ1v) is 12.7. The number of carboxylic acids is 1. The van der Waals surface area contributed by atoms with Crippen LogP contribution < -0.4 is 9.64 Å². The summed E-state index contributed by atoms with van der Waals surface area (Å²) in [6, 6.07) is 32.6. The Morgan fingerprint density at radius 3 is 2.18 bits per heavy atom. The maximum absolute atomic E-state index is 13.8. The van der Waals surface area contributed by atoms with Crippen LogP contribution in [0.15, 0.2) is 103 Å². The molecule has 1 amide bonds. The van der Waals surface area contributed by atoms with Crippen LogP contribution in [0.2, 0.25) is 0 Å². The Labute approximate surface area is 222 Å². The second kappa shape index (κ2) is 11.2. The minimum Gasteiger partial charge on any atom is -0.491 e. The van der Waals surface area contributed by atoms with Gasteiger partial charge in [-0.1, -0.05) is 78.9 Å². The number of fused-ring (bicyclic) bond motifs is 1. The predicted octanol–water partition coefficient (Wildman–Crippen LogP) is 6.10. The van der Waals surface area contributed by atoms with Crippen molar-refractivity contribution in [3.63, 3.8) is 0 Å². The van der Waals surface area contributed by atoms with Crippen LogP contribution in [0.1, 0.15) is 39.4 Å². The molecule has 0 fully saturated rings. The lowest BCUT2D eigenvalue weighted by Crippen LogP contribution is -2.32. The van der Waals surface area contributed by atoms with Crippen LogP contribution in [0.4, 0.5) is 11.4 Å². The smallest absolute Gasteiger partial charge is 0.336 e. The number of ether oxygens (including phenoxy) is 1. The van der Waals surface area contributed by atoms with Gasteiger partial charge in [-0.2, -0.15) is 0 Å². The first kappa shape index (κ1) is 25.1. The lowest BCUT2D eigenvalue weighted by molar-refractivity contribution is -0.131. The van der Waals surface area contributed by atoms with Crippen LogP contribution in [-0.2, 0) is 11.3 Å². The maximum Gasteiger partial charge on any atom is 0.336 e. The van der Waals surface area contributed by atoms with Crippen molar-refractivity contribution in [1.29, 1.82) is 0 Å². The monoisotopic (exact) mass is 506 g/mol. The SMILES string of the molecule is CN(Cc1ccc(N2CCCOc3ccccc32)cc1C(=O)O)C(=O)C(c1ccccc1)c1ccccc1. The number of nitrogens with zero attached hydrogens (tertiary/aromatic N) is 2. The molecule has 0 spiro atoms.